The fourth-order valence-electron chi connectivity index (χ4n) is 1.08. The van der Waals surface area contributed by atoms with Crippen LogP contribution in [0.3, 0.4) is 0 Å². The van der Waals surface area contributed by atoms with Gasteiger partial charge in [0.1, 0.15) is 0 Å². The van der Waals surface area contributed by atoms with E-state index in [-0.39, 0.29) is 0 Å². The van der Waals surface area contributed by atoms with Crippen molar-refractivity contribution in [3.63, 3.8) is 0 Å². The number of carbonyl (C=O) groups is 1. The molecule has 0 aliphatic heterocycles. The van der Waals surface area contributed by atoms with Crippen LogP contribution in [0.15, 0.2) is 29.2 Å². The number of anilines is 1. The average molecular weight is 240 g/mol. The van der Waals surface area contributed by atoms with Crippen molar-refractivity contribution in [1.29, 1.82) is 0 Å². The van der Waals surface area contributed by atoms with E-state index >= 15 is 0 Å². The molecule has 4 nitrogen and oxygen atoms in total. The van der Waals surface area contributed by atoms with Crippen LogP contribution in [0.4, 0.5) is 5.69 Å². The molecule has 0 fully saturated rings. The standard InChI is InChI=1S/C11H16N2O2S/c1-2-15-8-7-13-16-11-5-3-10(4-6-11)12-9-14/h3-6,9,13H,2,7-8H2,1H3,(H,12,14). The number of benzene rings is 1. The van der Waals surface area contributed by atoms with Crippen LogP contribution in [0.25, 0.3) is 0 Å². The zero-order valence-electron chi connectivity index (χ0n) is 9.23. The number of hydrogen-bond acceptors (Lipinski definition) is 4. The highest BCUT2D eigenvalue weighted by molar-refractivity contribution is 7.97. The van der Waals surface area contributed by atoms with Crippen LogP contribution >= 0.6 is 11.9 Å². The van der Waals surface area contributed by atoms with Gasteiger partial charge in [-0.15, -0.1) is 0 Å². The molecule has 0 spiro atoms. The van der Waals surface area contributed by atoms with Crippen LogP contribution < -0.4 is 10.0 Å². The van der Waals surface area contributed by atoms with E-state index in [1.807, 2.05) is 31.2 Å². The molecule has 1 aromatic rings. The van der Waals surface area contributed by atoms with Gasteiger partial charge in [0.05, 0.1) is 6.61 Å². The van der Waals surface area contributed by atoms with Gasteiger partial charge in [0, 0.05) is 23.7 Å². The van der Waals surface area contributed by atoms with Gasteiger partial charge in [-0.3, -0.25) is 9.52 Å². The summed E-state index contributed by atoms with van der Waals surface area (Å²) in [4.78, 5) is 11.3. The first-order valence-corrected chi connectivity index (χ1v) is 5.96. The smallest absolute Gasteiger partial charge is 0.211 e. The monoisotopic (exact) mass is 240 g/mol. The van der Waals surface area contributed by atoms with Crippen molar-refractivity contribution in [2.45, 2.75) is 11.8 Å². The Kier molecular flexibility index (Phi) is 6.64. The molecular weight excluding hydrogens is 224 g/mol. The second kappa shape index (κ2) is 8.15. The first kappa shape index (κ1) is 13.0. The number of amides is 1. The second-order valence-corrected chi connectivity index (χ2v) is 3.94. The largest absolute Gasteiger partial charge is 0.380 e. The lowest BCUT2D eigenvalue weighted by Crippen LogP contribution is -2.12. The van der Waals surface area contributed by atoms with E-state index in [1.54, 1.807) is 11.9 Å². The molecule has 88 valence electrons. The Bertz CT molecular complexity index is 303. The molecular formula is C11H16N2O2S. The number of carbonyl (C=O) groups excluding carboxylic acids is 1. The second-order valence-electron chi connectivity index (χ2n) is 2.98. The Balaban J connectivity index is 2.23. The van der Waals surface area contributed by atoms with Crippen LogP contribution in [0.5, 0.6) is 0 Å². The Morgan fingerprint density at radius 1 is 1.38 bits per heavy atom. The molecule has 16 heavy (non-hydrogen) atoms. The molecule has 0 radical (unpaired) electrons. The van der Waals surface area contributed by atoms with E-state index in [0.29, 0.717) is 13.0 Å². The van der Waals surface area contributed by atoms with Crippen LogP contribution in [0.1, 0.15) is 6.92 Å². The average Bonchev–Trinajstić information content (AvgIpc) is 2.31. The Labute approximate surface area is 99.9 Å². The molecule has 0 saturated carbocycles. The highest BCUT2D eigenvalue weighted by atomic mass is 32.2. The minimum atomic E-state index is 0.669. The van der Waals surface area contributed by atoms with E-state index in [4.69, 9.17) is 4.74 Å². The molecule has 1 aromatic carbocycles. The van der Waals surface area contributed by atoms with Crippen molar-refractivity contribution in [2.24, 2.45) is 0 Å². The van der Waals surface area contributed by atoms with Gasteiger partial charge in [0.15, 0.2) is 0 Å². The molecule has 0 aliphatic rings. The summed E-state index contributed by atoms with van der Waals surface area (Å²) in [7, 11) is 0. The minimum Gasteiger partial charge on any atom is -0.380 e. The van der Waals surface area contributed by atoms with E-state index in [9.17, 15) is 4.79 Å². The molecule has 1 rings (SSSR count). The van der Waals surface area contributed by atoms with Crippen molar-refractivity contribution < 1.29 is 9.53 Å². The maximum absolute atomic E-state index is 10.2. The highest BCUT2D eigenvalue weighted by Gasteiger charge is 1.94. The molecule has 2 N–H and O–H groups in total. The van der Waals surface area contributed by atoms with E-state index in [1.165, 1.54) is 0 Å². The molecule has 0 bridgehead atoms. The lowest BCUT2D eigenvalue weighted by Gasteiger charge is -2.05. The summed E-state index contributed by atoms with van der Waals surface area (Å²) in [6, 6.07) is 7.62. The maximum atomic E-state index is 10.2. The normalized spacial score (nSPS) is 10.1. The molecule has 0 aromatic heterocycles. The predicted molar refractivity (Wildman–Crippen MR) is 66.5 cm³/mol. The maximum Gasteiger partial charge on any atom is 0.211 e. The van der Waals surface area contributed by atoms with E-state index in [0.717, 1.165) is 23.7 Å². The lowest BCUT2D eigenvalue weighted by atomic mass is 10.3. The number of nitrogens with one attached hydrogen (secondary N) is 2. The summed E-state index contributed by atoms with van der Waals surface area (Å²) in [5.74, 6) is 0. The lowest BCUT2D eigenvalue weighted by molar-refractivity contribution is -0.105. The van der Waals surface area contributed by atoms with Gasteiger partial charge in [-0.2, -0.15) is 0 Å². The first-order chi connectivity index (χ1) is 7.86. The SMILES string of the molecule is CCOCCNSc1ccc(NC=O)cc1. The van der Waals surface area contributed by atoms with Gasteiger partial charge >= 0.3 is 0 Å². The summed E-state index contributed by atoms with van der Waals surface area (Å²) >= 11 is 1.55. The van der Waals surface area contributed by atoms with E-state index in [2.05, 4.69) is 10.0 Å². The van der Waals surface area contributed by atoms with Crippen molar-refractivity contribution >= 4 is 24.0 Å². The Morgan fingerprint density at radius 2 is 2.12 bits per heavy atom. The zero-order chi connectivity index (χ0) is 11.6. The number of rotatable bonds is 8. The van der Waals surface area contributed by atoms with E-state index < -0.39 is 0 Å². The molecule has 1 amide bonds. The minimum absolute atomic E-state index is 0.669. The topological polar surface area (TPSA) is 50.4 Å². The first-order valence-electron chi connectivity index (χ1n) is 5.14. The third kappa shape index (κ3) is 5.16. The summed E-state index contributed by atoms with van der Waals surface area (Å²) in [6.07, 6.45) is 0.669. The summed E-state index contributed by atoms with van der Waals surface area (Å²) in [5, 5.41) is 2.59. The van der Waals surface area contributed by atoms with Crippen molar-refractivity contribution in [1.82, 2.24) is 4.72 Å². The quantitative estimate of drug-likeness (QED) is 0.414. The fourth-order valence-corrected chi connectivity index (χ4v) is 1.70. The molecule has 0 saturated heterocycles. The summed E-state index contributed by atoms with van der Waals surface area (Å²) < 4.78 is 8.39. The zero-order valence-corrected chi connectivity index (χ0v) is 10.0. The van der Waals surface area contributed by atoms with Gasteiger partial charge in [0.2, 0.25) is 6.41 Å². The summed E-state index contributed by atoms with van der Waals surface area (Å²) in [6.45, 7) is 4.26. The Hall–Kier alpha value is -1.04. The molecule has 0 heterocycles. The van der Waals surface area contributed by atoms with Crippen LogP contribution in [0, 0.1) is 0 Å². The van der Waals surface area contributed by atoms with Gasteiger partial charge in [-0.05, 0) is 43.1 Å². The van der Waals surface area contributed by atoms with Crippen LogP contribution in [-0.4, -0.2) is 26.2 Å². The number of hydrogen-bond donors (Lipinski definition) is 2. The van der Waals surface area contributed by atoms with Crippen LogP contribution in [-0.2, 0) is 9.53 Å². The van der Waals surface area contributed by atoms with Crippen LogP contribution in [0.2, 0.25) is 0 Å². The number of ether oxygens (including phenoxy) is 1. The van der Waals surface area contributed by atoms with Gasteiger partial charge < -0.3 is 10.1 Å². The third-order valence-corrected chi connectivity index (χ3v) is 2.68. The Morgan fingerprint density at radius 3 is 2.75 bits per heavy atom. The van der Waals surface area contributed by atoms with Crippen molar-refractivity contribution in [3.8, 4) is 0 Å². The molecule has 0 atom stereocenters. The molecule has 0 aliphatic carbocycles. The fraction of sp³-hybridized carbons (Fsp3) is 0.364. The highest BCUT2D eigenvalue weighted by Crippen LogP contribution is 2.16. The molecule has 0 unspecified atom stereocenters. The summed E-state index contributed by atoms with van der Waals surface area (Å²) in [5.41, 5.74) is 0.800. The third-order valence-electron chi connectivity index (χ3n) is 1.82. The van der Waals surface area contributed by atoms with Crippen molar-refractivity contribution in [2.75, 3.05) is 25.1 Å². The van der Waals surface area contributed by atoms with Gasteiger partial charge in [0.25, 0.3) is 0 Å². The molecule has 5 heteroatoms. The predicted octanol–water partition coefficient (Wildman–Crippen LogP) is 1.89. The van der Waals surface area contributed by atoms with Gasteiger partial charge in [-0.1, -0.05) is 0 Å². The van der Waals surface area contributed by atoms with Crippen molar-refractivity contribution in [3.05, 3.63) is 24.3 Å². The van der Waals surface area contributed by atoms with Gasteiger partial charge in [-0.25, -0.2) is 0 Å².